The Morgan fingerprint density at radius 2 is 1.85 bits per heavy atom. The standard InChI is InChI=1S/C29H33N3O2/c1-21-7-5-8-24(17-21)22-10-12-23(13-11-22)28-26-19-31(29(33)25-9-6-14-30-18-25)15-3-4-16-32(26)27(28)20-34-2/h5-14,17-18,26-28H,3-4,15-16,19-20H2,1-2H3/t26-,27+,28?/m1/s1. The lowest BCUT2D eigenvalue weighted by Gasteiger charge is -2.57. The van der Waals surface area contributed by atoms with Gasteiger partial charge in [-0.1, -0.05) is 54.1 Å². The van der Waals surface area contributed by atoms with Gasteiger partial charge in [-0.3, -0.25) is 14.7 Å². The topological polar surface area (TPSA) is 45.7 Å². The molecular formula is C29H33N3O2. The van der Waals surface area contributed by atoms with Crippen LogP contribution in [-0.4, -0.2) is 66.1 Å². The summed E-state index contributed by atoms with van der Waals surface area (Å²) in [5.41, 5.74) is 5.74. The molecule has 3 atom stereocenters. The second kappa shape index (κ2) is 10.1. The van der Waals surface area contributed by atoms with Crippen molar-refractivity contribution in [2.24, 2.45) is 0 Å². The number of aryl methyl sites for hydroxylation is 1. The Labute approximate surface area is 202 Å². The lowest BCUT2D eigenvalue weighted by atomic mass is 9.74. The first-order valence-corrected chi connectivity index (χ1v) is 12.3. The van der Waals surface area contributed by atoms with E-state index in [1.807, 2.05) is 17.0 Å². The molecule has 176 valence electrons. The molecule has 2 aromatic carbocycles. The molecule has 34 heavy (non-hydrogen) atoms. The minimum atomic E-state index is 0.0821. The molecule has 3 heterocycles. The van der Waals surface area contributed by atoms with Crippen LogP contribution < -0.4 is 0 Å². The van der Waals surface area contributed by atoms with E-state index < -0.39 is 0 Å². The zero-order valence-electron chi connectivity index (χ0n) is 20.1. The van der Waals surface area contributed by atoms with Crippen molar-refractivity contribution in [3.63, 3.8) is 0 Å². The number of fused-ring (bicyclic) bond motifs is 1. The van der Waals surface area contributed by atoms with Gasteiger partial charge in [-0.05, 0) is 55.1 Å². The molecule has 1 aromatic heterocycles. The normalized spacial score (nSPS) is 22.9. The number of rotatable bonds is 5. The van der Waals surface area contributed by atoms with Crippen molar-refractivity contribution in [1.82, 2.24) is 14.8 Å². The van der Waals surface area contributed by atoms with Gasteiger partial charge in [0.2, 0.25) is 0 Å². The summed E-state index contributed by atoms with van der Waals surface area (Å²) in [5.74, 6) is 0.424. The molecule has 0 aliphatic carbocycles. The zero-order chi connectivity index (χ0) is 23.5. The molecule has 3 aromatic rings. The first kappa shape index (κ1) is 22.8. The number of hydrogen-bond donors (Lipinski definition) is 0. The van der Waals surface area contributed by atoms with Gasteiger partial charge in [-0.25, -0.2) is 0 Å². The molecule has 0 bridgehead atoms. The summed E-state index contributed by atoms with van der Waals surface area (Å²) < 4.78 is 5.64. The van der Waals surface area contributed by atoms with E-state index in [1.165, 1.54) is 22.3 Å². The Hall–Kier alpha value is -3.02. The van der Waals surface area contributed by atoms with Crippen molar-refractivity contribution >= 4 is 5.91 Å². The summed E-state index contributed by atoms with van der Waals surface area (Å²) in [5, 5.41) is 0. The van der Waals surface area contributed by atoms with E-state index in [4.69, 9.17) is 4.74 Å². The Kier molecular flexibility index (Phi) is 6.75. The van der Waals surface area contributed by atoms with E-state index in [0.717, 1.165) is 32.5 Å². The summed E-state index contributed by atoms with van der Waals surface area (Å²) >= 11 is 0. The maximum absolute atomic E-state index is 13.3. The highest BCUT2D eigenvalue weighted by Gasteiger charge is 2.49. The van der Waals surface area contributed by atoms with Gasteiger partial charge in [0, 0.05) is 50.6 Å². The number of ether oxygens (including phenoxy) is 1. The molecule has 0 saturated carbocycles. The summed E-state index contributed by atoms with van der Waals surface area (Å²) in [6, 6.07) is 22.0. The molecule has 2 aliphatic heterocycles. The van der Waals surface area contributed by atoms with Crippen molar-refractivity contribution < 1.29 is 9.53 Å². The molecule has 5 rings (SSSR count). The molecular weight excluding hydrogens is 422 g/mol. The van der Waals surface area contributed by atoms with Gasteiger partial charge in [0.25, 0.3) is 5.91 Å². The fourth-order valence-corrected chi connectivity index (χ4v) is 5.67. The van der Waals surface area contributed by atoms with Crippen LogP contribution in [0.15, 0.2) is 73.1 Å². The second-order valence-corrected chi connectivity index (χ2v) is 9.55. The summed E-state index contributed by atoms with van der Waals surface area (Å²) in [6.45, 7) is 5.43. The van der Waals surface area contributed by atoms with Gasteiger partial charge in [-0.2, -0.15) is 0 Å². The Morgan fingerprint density at radius 3 is 2.59 bits per heavy atom. The van der Waals surface area contributed by atoms with Gasteiger partial charge in [0.15, 0.2) is 0 Å². The first-order valence-electron chi connectivity index (χ1n) is 12.3. The van der Waals surface area contributed by atoms with Gasteiger partial charge in [0.05, 0.1) is 12.2 Å². The maximum atomic E-state index is 13.3. The molecule has 5 heteroatoms. The summed E-state index contributed by atoms with van der Waals surface area (Å²) in [6.07, 6.45) is 5.50. The molecule has 1 unspecified atom stereocenters. The van der Waals surface area contributed by atoms with Crippen molar-refractivity contribution in [3.8, 4) is 11.1 Å². The average molecular weight is 456 g/mol. The Morgan fingerprint density at radius 1 is 1.03 bits per heavy atom. The van der Waals surface area contributed by atoms with Gasteiger partial charge < -0.3 is 9.64 Å². The van der Waals surface area contributed by atoms with Crippen LogP contribution in [0.4, 0.5) is 0 Å². The van der Waals surface area contributed by atoms with Gasteiger partial charge in [0.1, 0.15) is 0 Å². The highest BCUT2D eigenvalue weighted by molar-refractivity contribution is 5.93. The number of nitrogens with zero attached hydrogens (tertiary/aromatic N) is 3. The smallest absolute Gasteiger partial charge is 0.255 e. The number of carbonyl (C=O) groups is 1. The molecule has 1 amide bonds. The van der Waals surface area contributed by atoms with Crippen LogP contribution in [0.1, 0.15) is 40.2 Å². The molecule has 5 nitrogen and oxygen atoms in total. The summed E-state index contributed by atoms with van der Waals surface area (Å²) in [7, 11) is 1.79. The van der Waals surface area contributed by atoms with Crippen molar-refractivity contribution in [1.29, 1.82) is 0 Å². The Balaban J connectivity index is 1.40. The van der Waals surface area contributed by atoms with Crippen LogP contribution in [-0.2, 0) is 4.74 Å². The number of hydrogen-bond acceptors (Lipinski definition) is 4. The lowest BCUT2D eigenvalue weighted by molar-refractivity contribution is -0.0680. The molecule has 0 N–H and O–H groups in total. The lowest BCUT2D eigenvalue weighted by Crippen LogP contribution is -2.68. The number of aromatic nitrogens is 1. The quantitative estimate of drug-likeness (QED) is 0.556. The number of carbonyl (C=O) groups excluding carboxylic acids is 1. The van der Waals surface area contributed by atoms with Crippen LogP contribution in [0.3, 0.4) is 0 Å². The van der Waals surface area contributed by atoms with E-state index >= 15 is 0 Å². The van der Waals surface area contributed by atoms with Gasteiger partial charge in [-0.15, -0.1) is 0 Å². The Bertz CT molecular complexity index is 1120. The van der Waals surface area contributed by atoms with E-state index in [-0.39, 0.29) is 5.91 Å². The fraction of sp³-hybridized carbons (Fsp3) is 0.379. The highest BCUT2D eigenvalue weighted by atomic mass is 16.5. The largest absolute Gasteiger partial charge is 0.383 e. The number of methoxy groups -OCH3 is 1. The molecule has 0 radical (unpaired) electrons. The SMILES string of the molecule is COC[C@H]1C(c2ccc(-c3cccc(C)c3)cc2)[C@H]2CN(C(=O)c3cccnc3)CCCCN21. The molecule has 2 fully saturated rings. The summed E-state index contributed by atoms with van der Waals surface area (Å²) in [4.78, 5) is 22.0. The number of pyridine rings is 1. The van der Waals surface area contributed by atoms with E-state index in [1.54, 1.807) is 19.5 Å². The fourth-order valence-electron chi connectivity index (χ4n) is 5.67. The van der Waals surface area contributed by atoms with E-state index in [2.05, 4.69) is 65.3 Å². The molecule has 2 aliphatic rings. The van der Waals surface area contributed by atoms with Crippen LogP contribution >= 0.6 is 0 Å². The highest BCUT2D eigenvalue weighted by Crippen LogP contribution is 2.42. The van der Waals surface area contributed by atoms with Crippen molar-refractivity contribution in [2.75, 3.05) is 33.4 Å². The second-order valence-electron chi connectivity index (χ2n) is 9.55. The third kappa shape index (κ3) is 4.50. The predicted octanol–water partition coefficient (Wildman–Crippen LogP) is 4.78. The van der Waals surface area contributed by atoms with Crippen LogP contribution in [0.5, 0.6) is 0 Å². The maximum Gasteiger partial charge on any atom is 0.255 e. The van der Waals surface area contributed by atoms with Crippen LogP contribution in [0.2, 0.25) is 0 Å². The van der Waals surface area contributed by atoms with Gasteiger partial charge >= 0.3 is 0 Å². The first-order chi connectivity index (χ1) is 16.7. The average Bonchev–Trinajstić information content (AvgIpc) is 2.85. The zero-order valence-corrected chi connectivity index (χ0v) is 20.1. The van der Waals surface area contributed by atoms with E-state index in [9.17, 15) is 4.79 Å². The predicted molar refractivity (Wildman–Crippen MR) is 135 cm³/mol. The van der Waals surface area contributed by atoms with Crippen molar-refractivity contribution in [3.05, 3.63) is 89.7 Å². The molecule has 0 spiro atoms. The van der Waals surface area contributed by atoms with Crippen LogP contribution in [0.25, 0.3) is 11.1 Å². The third-order valence-corrected chi connectivity index (χ3v) is 7.36. The number of benzene rings is 2. The monoisotopic (exact) mass is 455 g/mol. The minimum absolute atomic E-state index is 0.0821. The third-order valence-electron chi connectivity index (χ3n) is 7.36. The van der Waals surface area contributed by atoms with E-state index in [0.29, 0.717) is 30.2 Å². The van der Waals surface area contributed by atoms with Crippen LogP contribution in [0, 0.1) is 6.92 Å². The molecule has 2 saturated heterocycles. The van der Waals surface area contributed by atoms with Crippen molar-refractivity contribution in [2.45, 2.75) is 37.8 Å². The number of amides is 1. The minimum Gasteiger partial charge on any atom is -0.383 e.